The van der Waals surface area contributed by atoms with Crippen molar-refractivity contribution in [1.29, 1.82) is 0 Å². The van der Waals surface area contributed by atoms with E-state index in [1.165, 1.54) is 265 Å². The Morgan fingerprint density at radius 3 is 0.519 bits per heavy atom. The summed E-state index contributed by atoms with van der Waals surface area (Å²) in [4.78, 5) is 0. The van der Waals surface area contributed by atoms with Crippen LogP contribution in [0.1, 0.15) is 186 Å². The van der Waals surface area contributed by atoms with Crippen molar-refractivity contribution < 1.29 is 0 Å². The summed E-state index contributed by atoms with van der Waals surface area (Å²) in [5.41, 5.74) is 0. The normalized spacial score (nSPS) is 28.6. The van der Waals surface area contributed by atoms with Gasteiger partial charge in [-0.1, -0.05) is 128 Å². The molecule has 0 radical (unpaired) electrons. The third kappa shape index (κ3) is 16.8. The molecule has 0 aliphatic carbocycles. The van der Waals surface area contributed by atoms with Crippen molar-refractivity contribution in [3.05, 3.63) is 0 Å². The Hall–Kier alpha value is -0.320. The standard InChI is InChI=1S/C44H88N8/c1-5-13-21-30-45(31-22-14-6-1)49-38-29-39-50(46-32-23-15-7-2-8-16-24-33-46)41-43-52(48-36-27-19-11-4-12-20-28-37-48)44-51(42-40-49)47-34-25-17-9-3-10-18-26-35-47/h1-44H2. The third-order valence-corrected chi connectivity index (χ3v) is 13.3. The second-order valence-corrected chi connectivity index (χ2v) is 17.6. The predicted molar refractivity (Wildman–Crippen MR) is 222 cm³/mol. The second kappa shape index (κ2) is 27.3. The lowest BCUT2D eigenvalue weighted by atomic mass is 10.1. The van der Waals surface area contributed by atoms with Gasteiger partial charge in [0.2, 0.25) is 0 Å². The first-order valence-electron chi connectivity index (χ1n) is 23.9. The highest BCUT2D eigenvalue weighted by molar-refractivity contribution is 4.73. The van der Waals surface area contributed by atoms with Crippen LogP contribution in [-0.4, -0.2) is 138 Å². The molecule has 0 aromatic carbocycles. The monoisotopic (exact) mass is 729 g/mol. The lowest BCUT2D eigenvalue weighted by Gasteiger charge is -2.46. The molecule has 0 aromatic rings. The van der Waals surface area contributed by atoms with Gasteiger partial charge in [0, 0.05) is 91.6 Å². The van der Waals surface area contributed by atoms with E-state index < -0.39 is 0 Å². The molecule has 5 rings (SSSR count). The number of rotatable bonds is 4. The fraction of sp³-hybridized carbons (Fsp3) is 1.00. The van der Waals surface area contributed by atoms with Gasteiger partial charge >= 0.3 is 0 Å². The van der Waals surface area contributed by atoms with Crippen molar-refractivity contribution >= 4 is 0 Å². The minimum atomic E-state index is 1.07. The first-order chi connectivity index (χ1) is 25.9. The molecule has 0 spiro atoms. The van der Waals surface area contributed by atoms with Gasteiger partial charge in [0.25, 0.3) is 0 Å². The van der Waals surface area contributed by atoms with Gasteiger partial charge < -0.3 is 0 Å². The summed E-state index contributed by atoms with van der Waals surface area (Å²) in [6.07, 6.45) is 40.8. The zero-order valence-corrected chi connectivity index (χ0v) is 34.7. The quantitative estimate of drug-likeness (QED) is 0.283. The van der Waals surface area contributed by atoms with E-state index in [2.05, 4.69) is 40.1 Å². The molecule has 8 heteroatoms. The van der Waals surface area contributed by atoms with E-state index in [0.29, 0.717) is 0 Å². The molecule has 5 aliphatic rings. The van der Waals surface area contributed by atoms with Crippen molar-refractivity contribution in [3.63, 3.8) is 0 Å². The topological polar surface area (TPSA) is 25.9 Å². The largest absolute Gasteiger partial charge is 0.242 e. The van der Waals surface area contributed by atoms with Crippen molar-refractivity contribution in [2.75, 3.05) is 98.3 Å². The summed E-state index contributed by atoms with van der Waals surface area (Å²) < 4.78 is 0. The molecule has 0 aromatic heterocycles. The van der Waals surface area contributed by atoms with Crippen LogP contribution in [0.2, 0.25) is 0 Å². The highest BCUT2D eigenvalue weighted by atomic mass is 15.7. The Kier molecular flexibility index (Phi) is 22.5. The minimum absolute atomic E-state index is 1.07. The molecular formula is C44H88N8. The molecule has 304 valence electrons. The van der Waals surface area contributed by atoms with Gasteiger partial charge in [-0.05, 0) is 57.8 Å². The Balaban J connectivity index is 1.41. The Bertz CT molecular complexity index is 754. The highest BCUT2D eigenvalue weighted by Crippen LogP contribution is 2.21. The Labute approximate surface area is 323 Å². The number of nitrogens with zero attached hydrogens (tertiary/aromatic N) is 8. The van der Waals surface area contributed by atoms with Crippen LogP contribution in [0.25, 0.3) is 0 Å². The summed E-state index contributed by atoms with van der Waals surface area (Å²) in [5, 5.41) is 23.0. The zero-order chi connectivity index (χ0) is 35.7. The van der Waals surface area contributed by atoms with Crippen LogP contribution >= 0.6 is 0 Å². The molecule has 5 saturated heterocycles. The minimum Gasteiger partial charge on any atom is -0.242 e. The summed E-state index contributed by atoms with van der Waals surface area (Å²) in [5.74, 6) is 0. The van der Waals surface area contributed by atoms with Gasteiger partial charge in [0.15, 0.2) is 0 Å². The van der Waals surface area contributed by atoms with Crippen LogP contribution in [0.5, 0.6) is 0 Å². The van der Waals surface area contributed by atoms with Gasteiger partial charge in [-0.2, -0.15) is 0 Å². The molecule has 5 heterocycles. The maximum absolute atomic E-state index is 2.89. The molecule has 0 amide bonds. The average Bonchev–Trinajstić information content (AvgIpc) is 3.17. The van der Waals surface area contributed by atoms with Crippen molar-refractivity contribution in [1.82, 2.24) is 40.1 Å². The zero-order valence-electron chi connectivity index (χ0n) is 34.7. The first-order valence-corrected chi connectivity index (χ1v) is 23.9. The smallest absolute Gasteiger partial charge is 0.0787 e. The van der Waals surface area contributed by atoms with Crippen molar-refractivity contribution in [2.24, 2.45) is 0 Å². The van der Waals surface area contributed by atoms with Crippen molar-refractivity contribution in [3.8, 4) is 0 Å². The van der Waals surface area contributed by atoms with Gasteiger partial charge in [-0.25, -0.2) is 40.1 Å². The summed E-state index contributed by atoms with van der Waals surface area (Å²) in [7, 11) is 0. The lowest BCUT2D eigenvalue weighted by Crippen LogP contribution is -2.59. The van der Waals surface area contributed by atoms with Crippen LogP contribution in [0, 0.1) is 0 Å². The molecule has 0 bridgehead atoms. The molecular weight excluding hydrogens is 641 g/mol. The first kappa shape index (κ1) is 42.8. The fourth-order valence-corrected chi connectivity index (χ4v) is 9.95. The SMILES string of the molecule is C1CCCCN(N2CCCN(N3CCCCCCCCC3)CCN(N3CCCCCCCCC3)CN(N3CCCCCCCCC3)CC2)CCCC1. The van der Waals surface area contributed by atoms with Crippen molar-refractivity contribution in [2.45, 2.75) is 186 Å². The van der Waals surface area contributed by atoms with E-state index in [9.17, 15) is 0 Å². The van der Waals surface area contributed by atoms with Crippen LogP contribution in [-0.2, 0) is 0 Å². The van der Waals surface area contributed by atoms with Crippen LogP contribution in [0.15, 0.2) is 0 Å². The Morgan fingerprint density at radius 2 is 0.269 bits per heavy atom. The van der Waals surface area contributed by atoms with E-state index in [1.54, 1.807) is 0 Å². The molecule has 8 nitrogen and oxygen atoms in total. The number of hydrogen-bond acceptors (Lipinski definition) is 8. The Morgan fingerprint density at radius 1 is 0.115 bits per heavy atom. The highest BCUT2D eigenvalue weighted by Gasteiger charge is 2.27. The third-order valence-electron chi connectivity index (χ3n) is 13.3. The molecule has 0 saturated carbocycles. The second-order valence-electron chi connectivity index (χ2n) is 17.6. The maximum Gasteiger partial charge on any atom is 0.0787 e. The average molecular weight is 729 g/mol. The number of hydrogen-bond donors (Lipinski definition) is 0. The van der Waals surface area contributed by atoms with Gasteiger partial charge in [-0.15, -0.1) is 0 Å². The van der Waals surface area contributed by atoms with E-state index in [-0.39, 0.29) is 0 Å². The predicted octanol–water partition coefficient (Wildman–Crippen LogP) is 9.40. The molecule has 5 fully saturated rings. The van der Waals surface area contributed by atoms with Gasteiger partial charge in [-0.3, -0.25) is 0 Å². The van der Waals surface area contributed by atoms with E-state index in [4.69, 9.17) is 0 Å². The molecule has 0 unspecified atom stereocenters. The summed E-state index contributed by atoms with van der Waals surface area (Å²) in [6.45, 7) is 18.2. The van der Waals surface area contributed by atoms with Gasteiger partial charge in [0.05, 0.1) is 6.67 Å². The fourth-order valence-electron chi connectivity index (χ4n) is 9.95. The van der Waals surface area contributed by atoms with E-state index >= 15 is 0 Å². The van der Waals surface area contributed by atoms with Crippen LogP contribution < -0.4 is 0 Å². The molecule has 0 N–H and O–H groups in total. The molecule has 0 atom stereocenters. The number of hydrazine groups is 4. The molecule has 52 heavy (non-hydrogen) atoms. The summed E-state index contributed by atoms with van der Waals surface area (Å²) >= 11 is 0. The summed E-state index contributed by atoms with van der Waals surface area (Å²) in [6, 6.07) is 0. The van der Waals surface area contributed by atoms with Gasteiger partial charge in [0.1, 0.15) is 0 Å². The van der Waals surface area contributed by atoms with Crippen LogP contribution in [0.3, 0.4) is 0 Å². The van der Waals surface area contributed by atoms with E-state index in [0.717, 1.165) is 19.8 Å². The lowest BCUT2D eigenvalue weighted by molar-refractivity contribution is -0.152. The maximum atomic E-state index is 2.89. The molecule has 5 aliphatic heterocycles. The van der Waals surface area contributed by atoms with E-state index in [1.807, 2.05) is 0 Å². The van der Waals surface area contributed by atoms with Crippen LogP contribution in [0.4, 0.5) is 0 Å².